The molecule has 1 unspecified atom stereocenters. The van der Waals surface area contributed by atoms with Crippen LogP contribution in [0.3, 0.4) is 0 Å². The number of aromatic nitrogens is 2. The molecule has 1 aliphatic rings. The molecule has 0 spiro atoms. The van der Waals surface area contributed by atoms with Crippen LogP contribution in [0.1, 0.15) is 43.7 Å². The van der Waals surface area contributed by atoms with Gasteiger partial charge in [0.25, 0.3) is 5.91 Å². The number of aryl methyl sites for hydroxylation is 1. The van der Waals surface area contributed by atoms with Gasteiger partial charge in [-0.2, -0.15) is 0 Å². The van der Waals surface area contributed by atoms with Crippen molar-refractivity contribution in [1.29, 1.82) is 0 Å². The maximum Gasteiger partial charge on any atom is 0.282 e. The fourth-order valence-electron chi connectivity index (χ4n) is 3.45. The van der Waals surface area contributed by atoms with E-state index in [1.807, 2.05) is 31.2 Å². The van der Waals surface area contributed by atoms with E-state index in [2.05, 4.69) is 37.9 Å². The number of hydrogen-bond donors (Lipinski definition) is 1. The number of nitrogens with zero attached hydrogens (tertiary/aromatic N) is 3. The third kappa shape index (κ3) is 5.95. The largest absolute Gasteiger partial charge is 0.377 e. The van der Waals surface area contributed by atoms with Gasteiger partial charge in [-0.15, -0.1) is 21.5 Å². The molecule has 0 radical (unpaired) electrons. The molecule has 8 heteroatoms. The minimum Gasteiger partial charge on any atom is -0.377 e. The van der Waals surface area contributed by atoms with E-state index in [1.165, 1.54) is 21.8 Å². The zero-order valence-corrected chi connectivity index (χ0v) is 18.7. The summed E-state index contributed by atoms with van der Waals surface area (Å²) in [6.07, 6.45) is 2.50. The van der Waals surface area contributed by atoms with Crippen molar-refractivity contribution >= 4 is 28.6 Å². The Labute approximate surface area is 184 Å². The van der Waals surface area contributed by atoms with E-state index in [-0.39, 0.29) is 12.0 Å². The summed E-state index contributed by atoms with van der Waals surface area (Å²) < 4.78 is 5.83. The first-order valence-corrected chi connectivity index (χ1v) is 11.9. The first kappa shape index (κ1) is 21.1. The number of carbonyl (C=O) groups excluding carboxylic acids is 1. The summed E-state index contributed by atoms with van der Waals surface area (Å²) in [5.41, 5.74) is 2.27. The summed E-state index contributed by atoms with van der Waals surface area (Å²) >= 11 is 3.12. The van der Waals surface area contributed by atoms with Crippen LogP contribution in [-0.2, 0) is 24.4 Å². The highest BCUT2D eigenvalue weighted by atomic mass is 32.1. The second-order valence-electron chi connectivity index (χ2n) is 7.55. The van der Waals surface area contributed by atoms with Gasteiger partial charge in [-0.05, 0) is 36.8 Å². The monoisotopic (exact) mass is 442 g/mol. The second kappa shape index (κ2) is 10.3. The van der Waals surface area contributed by atoms with Gasteiger partial charge in [0.1, 0.15) is 5.01 Å². The fourth-order valence-corrected chi connectivity index (χ4v) is 4.99. The van der Waals surface area contributed by atoms with Crippen molar-refractivity contribution in [3.8, 4) is 0 Å². The van der Waals surface area contributed by atoms with Gasteiger partial charge in [0.05, 0.1) is 12.6 Å². The van der Waals surface area contributed by atoms with E-state index >= 15 is 0 Å². The Morgan fingerprint density at radius 3 is 2.83 bits per heavy atom. The van der Waals surface area contributed by atoms with Crippen molar-refractivity contribution in [2.24, 2.45) is 0 Å². The summed E-state index contributed by atoms with van der Waals surface area (Å²) in [5.74, 6) is -0.178. The Kier molecular flexibility index (Phi) is 7.22. The zero-order valence-electron chi connectivity index (χ0n) is 17.0. The number of carbonyl (C=O) groups is 1. The lowest BCUT2D eigenvalue weighted by atomic mass is 10.1. The van der Waals surface area contributed by atoms with Crippen LogP contribution < -0.4 is 5.32 Å². The first-order valence-electron chi connectivity index (χ1n) is 10.2. The van der Waals surface area contributed by atoms with Crippen molar-refractivity contribution < 1.29 is 9.53 Å². The predicted octanol–water partition coefficient (Wildman–Crippen LogP) is 4.02. The van der Waals surface area contributed by atoms with Gasteiger partial charge >= 0.3 is 0 Å². The van der Waals surface area contributed by atoms with Crippen LogP contribution in [0.15, 0.2) is 41.8 Å². The Morgan fingerprint density at radius 2 is 2.10 bits per heavy atom. The van der Waals surface area contributed by atoms with Crippen LogP contribution in [0.4, 0.5) is 0 Å². The lowest BCUT2D eigenvalue weighted by Crippen LogP contribution is -2.31. The van der Waals surface area contributed by atoms with Crippen LogP contribution in [0, 0.1) is 6.92 Å². The third-order valence-corrected chi connectivity index (χ3v) is 6.81. The molecule has 2 aromatic heterocycles. The average molecular weight is 443 g/mol. The number of amides is 1. The standard InChI is InChI=1S/C22H26N4O2S2/c1-16-6-8-17(9-7-16)12-23-21(27)22-25-24-20(30-22)15-26(13-18-4-2-10-28-18)14-19-5-3-11-29-19/h3,5-9,11,18H,2,4,10,12-15H2,1H3,(H,23,27). The highest BCUT2D eigenvalue weighted by molar-refractivity contribution is 7.13. The summed E-state index contributed by atoms with van der Waals surface area (Å²) in [6.45, 7) is 5.77. The molecule has 1 saturated heterocycles. The van der Waals surface area contributed by atoms with E-state index in [9.17, 15) is 4.79 Å². The molecule has 0 aliphatic carbocycles. The Bertz CT molecular complexity index is 934. The maximum absolute atomic E-state index is 12.5. The van der Waals surface area contributed by atoms with E-state index < -0.39 is 0 Å². The average Bonchev–Trinajstić information content (AvgIpc) is 3.51. The van der Waals surface area contributed by atoms with Crippen molar-refractivity contribution in [3.63, 3.8) is 0 Å². The molecule has 1 fully saturated rings. The molecule has 1 amide bonds. The molecule has 6 nitrogen and oxygen atoms in total. The van der Waals surface area contributed by atoms with Crippen molar-refractivity contribution in [1.82, 2.24) is 20.4 Å². The number of nitrogens with one attached hydrogen (secondary N) is 1. The lowest BCUT2D eigenvalue weighted by Gasteiger charge is -2.23. The summed E-state index contributed by atoms with van der Waals surface area (Å²) in [4.78, 5) is 16.1. The second-order valence-corrected chi connectivity index (χ2v) is 9.65. The van der Waals surface area contributed by atoms with Gasteiger partial charge in [0.15, 0.2) is 0 Å². The first-order chi connectivity index (χ1) is 14.7. The molecule has 1 atom stereocenters. The van der Waals surface area contributed by atoms with Crippen LogP contribution in [-0.4, -0.2) is 40.3 Å². The summed E-state index contributed by atoms with van der Waals surface area (Å²) in [5, 5.41) is 14.7. The smallest absolute Gasteiger partial charge is 0.282 e. The third-order valence-electron chi connectivity index (χ3n) is 5.04. The molecule has 30 heavy (non-hydrogen) atoms. The summed E-state index contributed by atoms with van der Waals surface area (Å²) in [6, 6.07) is 12.4. The highest BCUT2D eigenvalue weighted by Crippen LogP contribution is 2.20. The predicted molar refractivity (Wildman–Crippen MR) is 120 cm³/mol. The normalized spacial score (nSPS) is 16.3. The van der Waals surface area contributed by atoms with Gasteiger partial charge in [-0.3, -0.25) is 9.69 Å². The number of hydrogen-bond acceptors (Lipinski definition) is 7. The van der Waals surface area contributed by atoms with Crippen LogP contribution in [0.5, 0.6) is 0 Å². The van der Waals surface area contributed by atoms with Gasteiger partial charge in [-0.1, -0.05) is 47.2 Å². The summed E-state index contributed by atoms with van der Waals surface area (Å²) in [7, 11) is 0. The molecule has 3 aromatic rings. The molecule has 3 heterocycles. The Balaban J connectivity index is 1.35. The molecule has 1 N–H and O–H groups in total. The van der Waals surface area contributed by atoms with E-state index in [1.54, 1.807) is 11.3 Å². The Hall–Kier alpha value is -2.13. The molecule has 0 saturated carbocycles. The molecular formula is C22H26N4O2S2. The minimum absolute atomic E-state index is 0.178. The van der Waals surface area contributed by atoms with E-state index in [0.29, 0.717) is 18.1 Å². The maximum atomic E-state index is 12.5. The van der Waals surface area contributed by atoms with Crippen molar-refractivity contribution in [2.75, 3.05) is 13.2 Å². The molecule has 4 rings (SSSR count). The Morgan fingerprint density at radius 1 is 1.23 bits per heavy atom. The van der Waals surface area contributed by atoms with Gasteiger partial charge in [-0.25, -0.2) is 0 Å². The zero-order chi connectivity index (χ0) is 20.8. The quantitative estimate of drug-likeness (QED) is 0.542. The van der Waals surface area contributed by atoms with E-state index in [0.717, 1.165) is 43.1 Å². The topological polar surface area (TPSA) is 67.4 Å². The number of rotatable bonds is 9. The van der Waals surface area contributed by atoms with Crippen molar-refractivity contribution in [2.45, 2.75) is 45.5 Å². The molecule has 1 aliphatic heterocycles. The SMILES string of the molecule is Cc1ccc(CNC(=O)c2nnc(CN(Cc3cccs3)CC3CCCO3)s2)cc1. The fraction of sp³-hybridized carbons (Fsp3) is 0.409. The number of ether oxygens (including phenoxy) is 1. The molecule has 0 bridgehead atoms. The molecular weight excluding hydrogens is 416 g/mol. The molecule has 1 aromatic carbocycles. The van der Waals surface area contributed by atoms with Gasteiger partial charge < -0.3 is 10.1 Å². The minimum atomic E-state index is -0.178. The van der Waals surface area contributed by atoms with Gasteiger partial charge in [0.2, 0.25) is 5.01 Å². The lowest BCUT2D eigenvalue weighted by molar-refractivity contribution is 0.0681. The van der Waals surface area contributed by atoms with Crippen LogP contribution in [0.2, 0.25) is 0 Å². The van der Waals surface area contributed by atoms with E-state index in [4.69, 9.17) is 4.74 Å². The highest BCUT2D eigenvalue weighted by Gasteiger charge is 2.21. The van der Waals surface area contributed by atoms with Crippen LogP contribution in [0.25, 0.3) is 0 Å². The molecule has 158 valence electrons. The van der Waals surface area contributed by atoms with Crippen LogP contribution >= 0.6 is 22.7 Å². The van der Waals surface area contributed by atoms with Crippen molar-refractivity contribution in [3.05, 3.63) is 67.8 Å². The van der Waals surface area contributed by atoms with Gasteiger partial charge in [0, 0.05) is 31.1 Å². The number of thiophene rings is 1. The number of benzene rings is 1.